The van der Waals surface area contributed by atoms with Gasteiger partial charge in [0.2, 0.25) is 5.76 Å². The van der Waals surface area contributed by atoms with Crippen LogP contribution in [0.15, 0.2) is 10.6 Å². The molecule has 1 amide bonds. The molecule has 1 aliphatic heterocycles. The number of aryl methyl sites for hydroxylation is 1. The van der Waals surface area contributed by atoms with Crippen molar-refractivity contribution >= 4 is 5.91 Å². The third-order valence-electron chi connectivity index (χ3n) is 2.98. The molecule has 1 atom stereocenters. The van der Waals surface area contributed by atoms with Gasteiger partial charge in [0.25, 0.3) is 5.91 Å². The maximum absolute atomic E-state index is 12.0. The zero-order valence-electron chi connectivity index (χ0n) is 9.35. The van der Waals surface area contributed by atoms with Crippen molar-refractivity contribution in [1.29, 1.82) is 0 Å². The molecule has 2 heterocycles. The van der Waals surface area contributed by atoms with Crippen LogP contribution in [0.5, 0.6) is 0 Å². The lowest BCUT2D eigenvalue weighted by molar-refractivity contribution is 0.0636. The Bertz CT molecular complexity index is 375. The Morgan fingerprint density at radius 1 is 1.75 bits per heavy atom. The van der Waals surface area contributed by atoms with Gasteiger partial charge in [-0.1, -0.05) is 12.1 Å². The van der Waals surface area contributed by atoms with Gasteiger partial charge in [-0.05, 0) is 19.3 Å². The maximum atomic E-state index is 12.0. The lowest BCUT2D eigenvalue weighted by Gasteiger charge is -2.21. The van der Waals surface area contributed by atoms with E-state index in [1.54, 1.807) is 11.0 Å². The third kappa shape index (κ3) is 1.95. The monoisotopic (exact) mass is 224 g/mol. The quantitative estimate of drug-likeness (QED) is 0.826. The van der Waals surface area contributed by atoms with Crippen molar-refractivity contribution in [2.75, 3.05) is 13.2 Å². The van der Waals surface area contributed by atoms with E-state index < -0.39 is 0 Å². The van der Waals surface area contributed by atoms with E-state index in [9.17, 15) is 4.79 Å². The first kappa shape index (κ1) is 11.1. The first-order chi connectivity index (χ1) is 7.76. The van der Waals surface area contributed by atoms with Crippen LogP contribution in [0.2, 0.25) is 0 Å². The molecule has 2 rings (SSSR count). The highest BCUT2D eigenvalue weighted by atomic mass is 16.5. The molecular weight excluding hydrogens is 208 g/mol. The molecular formula is C11H16N2O3. The molecule has 1 aromatic heterocycles. The number of rotatable bonds is 3. The average Bonchev–Trinajstić information content (AvgIpc) is 2.96. The minimum absolute atomic E-state index is 0.0144. The Morgan fingerprint density at radius 2 is 2.56 bits per heavy atom. The molecule has 1 fully saturated rings. The molecule has 0 radical (unpaired) electrons. The van der Waals surface area contributed by atoms with E-state index in [0.717, 1.165) is 25.0 Å². The van der Waals surface area contributed by atoms with E-state index in [4.69, 9.17) is 9.63 Å². The summed E-state index contributed by atoms with van der Waals surface area (Å²) in [6.07, 6.45) is 2.54. The molecule has 0 spiro atoms. The van der Waals surface area contributed by atoms with Crippen LogP contribution in [0.1, 0.15) is 36.0 Å². The Morgan fingerprint density at radius 3 is 3.19 bits per heavy atom. The van der Waals surface area contributed by atoms with Gasteiger partial charge in [-0.2, -0.15) is 0 Å². The predicted octanol–water partition coefficient (Wildman–Crippen LogP) is 0.834. The SMILES string of the molecule is CCc1cc(C(=O)N2CCC[C@@H]2CO)on1. The molecule has 1 N–H and O–H groups in total. The van der Waals surface area contributed by atoms with E-state index in [2.05, 4.69) is 5.16 Å². The number of amides is 1. The number of aromatic nitrogens is 1. The first-order valence-electron chi connectivity index (χ1n) is 5.63. The van der Waals surface area contributed by atoms with E-state index in [0.29, 0.717) is 6.54 Å². The van der Waals surface area contributed by atoms with Crippen molar-refractivity contribution in [3.8, 4) is 0 Å². The normalized spacial score (nSPS) is 20.4. The van der Waals surface area contributed by atoms with Gasteiger partial charge >= 0.3 is 0 Å². The summed E-state index contributed by atoms with van der Waals surface area (Å²) in [6.45, 7) is 2.66. The Balaban J connectivity index is 2.12. The van der Waals surface area contributed by atoms with Crippen molar-refractivity contribution in [3.63, 3.8) is 0 Å². The molecule has 88 valence electrons. The Labute approximate surface area is 94.0 Å². The molecule has 0 aromatic carbocycles. The minimum atomic E-state index is -0.163. The van der Waals surface area contributed by atoms with Gasteiger partial charge in [-0.3, -0.25) is 4.79 Å². The van der Waals surface area contributed by atoms with Crippen LogP contribution in [0, 0.1) is 0 Å². The highest BCUT2D eigenvalue weighted by molar-refractivity contribution is 5.91. The van der Waals surface area contributed by atoms with Gasteiger partial charge in [0, 0.05) is 12.6 Å². The van der Waals surface area contributed by atoms with E-state index in [1.807, 2.05) is 6.92 Å². The number of carbonyl (C=O) groups is 1. The molecule has 1 aromatic rings. The number of nitrogens with zero attached hydrogens (tertiary/aromatic N) is 2. The fourth-order valence-corrected chi connectivity index (χ4v) is 2.01. The van der Waals surface area contributed by atoms with Crippen LogP contribution in [-0.2, 0) is 6.42 Å². The van der Waals surface area contributed by atoms with E-state index in [-0.39, 0.29) is 24.3 Å². The molecule has 0 aliphatic carbocycles. The van der Waals surface area contributed by atoms with Crippen molar-refractivity contribution in [1.82, 2.24) is 10.1 Å². The molecule has 16 heavy (non-hydrogen) atoms. The lowest BCUT2D eigenvalue weighted by Crippen LogP contribution is -2.37. The van der Waals surface area contributed by atoms with Gasteiger partial charge in [0.05, 0.1) is 18.3 Å². The summed E-state index contributed by atoms with van der Waals surface area (Å²) in [7, 11) is 0. The summed E-state index contributed by atoms with van der Waals surface area (Å²) in [4.78, 5) is 13.7. The standard InChI is InChI=1S/C11H16N2O3/c1-2-8-6-10(16-12-8)11(15)13-5-3-4-9(13)7-14/h6,9,14H,2-5,7H2,1H3/t9-/m1/s1. The summed E-state index contributed by atoms with van der Waals surface area (Å²) in [6, 6.07) is 1.61. The topological polar surface area (TPSA) is 66.6 Å². The molecule has 1 saturated heterocycles. The number of aliphatic hydroxyl groups is 1. The number of likely N-dealkylation sites (tertiary alicyclic amines) is 1. The number of carbonyl (C=O) groups excluding carboxylic acids is 1. The lowest BCUT2D eigenvalue weighted by atomic mass is 10.2. The number of aliphatic hydroxyl groups excluding tert-OH is 1. The van der Waals surface area contributed by atoms with Gasteiger partial charge in [0.15, 0.2) is 0 Å². The van der Waals surface area contributed by atoms with Crippen molar-refractivity contribution in [2.45, 2.75) is 32.2 Å². The number of hydrogen-bond donors (Lipinski definition) is 1. The summed E-state index contributed by atoms with van der Waals surface area (Å²) in [5, 5.41) is 12.9. The molecule has 0 unspecified atom stereocenters. The van der Waals surface area contributed by atoms with Gasteiger partial charge in [-0.25, -0.2) is 0 Å². The summed E-state index contributed by atoms with van der Waals surface area (Å²) >= 11 is 0. The zero-order valence-corrected chi connectivity index (χ0v) is 9.35. The molecule has 5 heteroatoms. The molecule has 0 saturated carbocycles. The van der Waals surface area contributed by atoms with Crippen LogP contribution in [0.3, 0.4) is 0 Å². The van der Waals surface area contributed by atoms with Crippen LogP contribution < -0.4 is 0 Å². The Kier molecular flexibility index (Phi) is 3.24. The highest BCUT2D eigenvalue weighted by Gasteiger charge is 2.30. The predicted molar refractivity (Wildman–Crippen MR) is 57.0 cm³/mol. The summed E-state index contributed by atoms with van der Waals surface area (Å²) < 4.78 is 5.00. The minimum Gasteiger partial charge on any atom is -0.394 e. The zero-order chi connectivity index (χ0) is 11.5. The van der Waals surface area contributed by atoms with Crippen LogP contribution in [-0.4, -0.2) is 40.3 Å². The maximum Gasteiger partial charge on any atom is 0.292 e. The van der Waals surface area contributed by atoms with E-state index in [1.165, 1.54) is 0 Å². The van der Waals surface area contributed by atoms with Crippen molar-refractivity contribution in [3.05, 3.63) is 17.5 Å². The average molecular weight is 224 g/mol. The van der Waals surface area contributed by atoms with Crippen LogP contribution >= 0.6 is 0 Å². The van der Waals surface area contributed by atoms with Crippen LogP contribution in [0.4, 0.5) is 0 Å². The second-order valence-electron chi connectivity index (χ2n) is 4.01. The van der Waals surface area contributed by atoms with Crippen molar-refractivity contribution < 1.29 is 14.4 Å². The van der Waals surface area contributed by atoms with E-state index >= 15 is 0 Å². The number of hydrogen-bond acceptors (Lipinski definition) is 4. The highest BCUT2D eigenvalue weighted by Crippen LogP contribution is 2.20. The molecule has 5 nitrogen and oxygen atoms in total. The molecule has 1 aliphatic rings. The summed E-state index contributed by atoms with van der Waals surface area (Å²) in [5.41, 5.74) is 0.781. The smallest absolute Gasteiger partial charge is 0.292 e. The summed E-state index contributed by atoms with van der Waals surface area (Å²) in [5.74, 6) is 0.112. The third-order valence-corrected chi connectivity index (χ3v) is 2.98. The van der Waals surface area contributed by atoms with Crippen molar-refractivity contribution in [2.24, 2.45) is 0 Å². The molecule has 0 bridgehead atoms. The fourth-order valence-electron chi connectivity index (χ4n) is 2.01. The van der Waals surface area contributed by atoms with Gasteiger partial charge in [-0.15, -0.1) is 0 Å². The van der Waals surface area contributed by atoms with Gasteiger partial charge in [0.1, 0.15) is 0 Å². The second-order valence-corrected chi connectivity index (χ2v) is 4.01. The first-order valence-corrected chi connectivity index (χ1v) is 5.63. The largest absolute Gasteiger partial charge is 0.394 e. The fraction of sp³-hybridized carbons (Fsp3) is 0.636. The van der Waals surface area contributed by atoms with Crippen LogP contribution in [0.25, 0.3) is 0 Å². The van der Waals surface area contributed by atoms with Gasteiger partial charge < -0.3 is 14.5 Å². The second kappa shape index (κ2) is 4.65. The Hall–Kier alpha value is -1.36.